The molecule has 1 fully saturated rings. The quantitative estimate of drug-likeness (QED) is 0.330. The zero-order valence-corrected chi connectivity index (χ0v) is 20.7. The highest BCUT2D eigenvalue weighted by Crippen LogP contribution is 2.30. The van der Waals surface area contributed by atoms with Gasteiger partial charge in [-0.05, 0) is 48.6 Å². The number of benzene rings is 2. The Morgan fingerprint density at radius 1 is 1.14 bits per heavy atom. The molecule has 0 amide bonds. The summed E-state index contributed by atoms with van der Waals surface area (Å²) in [6, 6.07) is 11.9. The Hall–Kier alpha value is -3.46. The van der Waals surface area contributed by atoms with Crippen LogP contribution in [0.25, 0.3) is 11.1 Å². The van der Waals surface area contributed by atoms with Gasteiger partial charge in [-0.3, -0.25) is 4.90 Å². The molecule has 188 valence electrons. The van der Waals surface area contributed by atoms with Crippen molar-refractivity contribution in [3.63, 3.8) is 0 Å². The Bertz CT molecular complexity index is 1140. The van der Waals surface area contributed by atoms with Crippen molar-refractivity contribution in [2.75, 3.05) is 39.2 Å². The number of anilines is 1. The third-order valence-corrected chi connectivity index (χ3v) is 5.85. The first-order valence-corrected chi connectivity index (χ1v) is 11.9. The van der Waals surface area contributed by atoms with Crippen LogP contribution >= 0.6 is 0 Å². The number of aromatic nitrogens is 1. The number of piperidine rings is 1. The summed E-state index contributed by atoms with van der Waals surface area (Å²) in [5.41, 5.74) is 2.44. The monoisotopic (exact) mass is 483 g/mol. The van der Waals surface area contributed by atoms with E-state index in [-0.39, 0.29) is 6.04 Å². The number of methoxy groups -OCH3 is 2. The number of carbonyl (C=O) groups excluding carboxylic acids is 1. The van der Waals surface area contributed by atoms with Crippen LogP contribution in [-0.4, -0.2) is 56.0 Å². The fourth-order valence-corrected chi connectivity index (χ4v) is 4.03. The Kier molecular flexibility index (Phi) is 7.97. The van der Waals surface area contributed by atoms with Crippen LogP contribution < -0.4 is 19.5 Å². The maximum Gasteiger partial charge on any atom is 0.513 e. The number of rotatable bonds is 9. The van der Waals surface area contributed by atoms with Crippen molar-refractivity contribution in [2.24, 2.45) is 5.92 Å². The Balaban J connectivity index is 1.31. The van der Waals surface area contributed by atoms with E-state index in [2.05, 4.69) is 45.9 Å². The van der Waals surface area contributed by atoms with Crippen LogP contribution in [0.5, 0.6) is 17.2 Å². The van der Waals surface area contributed by atoms with E-state index in [9.17, 15) is 4.79 Å². The molecule has 1 N–H and O–H groups in total. The third kappa shape index (κ3) is 6.57. The molecule has 0 radical (unpaired) electrons. The number of nitrogens with one attached hydrogen (secondary N) is 1. The minimum Gasteiger partial charge on any atom is -0.493 e. The van der Waals surface area contributed by atoms with Crippen LogP contribution in [0.15, 0.2) is 40.8 Å². The lowest BCUT2D eigenvalue weighted by atomic mass is 10.0. The van der Waals surface area contributed by atoms with Gasteiger partial charge in [0.15, 0.2) is 17.1 Å². The van der Waals surface area contributed by atoms with E-state index in [0.717, 1.165) is 44.0 Å². The number of ether oxygens (including phenoxy) is 4. The molecule has 9 nitrogen and oxygen atoms in total. The number of hydrogen-bond donors (Lipinski definition) is 1. The molecule has 3 aromatic rings. The summed E-state index contributed by atoms with van der Waals surface area (Å²) in [5, 5.41) is 3.40. The molecule has 0 bridgehead atoms. The molecule has 2 heterocycles. The lowest BCUT2D eigenvalue weighted by Crippen LogP contribution is -2.38. The van der Waals surface area contributed by atoms with Crippen molar-refractivity contribution in [3.05, 3.63) is 42.0 Å². The first kappa shape index (κ1) is 24.7. The van der Waals surface area contributed by atoms with Crippen LogP contribution in [0.1, 0.15) is 32.3 Å². The minimum absolute atomic E-state index is 0.269. The molecule has 9 heteroatoms. The van der Waals surface area contributed by atoms with Crippen molar-refractivity contribution in [1.29, 1.82) is 0 Å². The highest BCUT2D eigenvalue weighted by molar-refractivity contribution is 5.77. The molecule has 1 aromatic heterocycles. The summed E-state index contributed by atoms with van der Waals surface area (Å²) in [6.45, 7) is 7.71. The van der Waals surface area contributed by atoms with Crippen LogP contribution in [0.4, 0.5) is 10.8 Å². The zero-order chi connectivity index (χ0) is 24.8. The molecule has 0 aliphatic carbocycles. The van der Waals surface area contributed by atoms with Gasteiger partial charge < -0.3 is 28.7 Å². The van der Waals surface area contributed by atoms with Crippen molar-refractivity contribution < 1.29 is 28.2 Å². The number of oxazole rings is 1. The van der Waals surface area contributed by atoms with Gasteiger partial charge in [0.05, 0.1) is 20.8 Å². The van der Waals surface area contributed by atoms with Crippen molar-refractivity contribution in [3.8, 4) is 17.2 Å². The van der Waals surface area contributed by atoms with Crippen LogP contribution in [0.2, 0.25) is 0 Å². The summed E-state index contributed by atoms with van der Waals surface area (Å²) in [5.74, 6) is 2.36. The van der Waals surface area contributed by atoms with Crippen LogP contribution in [-0.2, 0) is 11.3 Å². The number of hydrogen-bond acceptors (Lipinski definition) is 9. The SMILES string of the molecule is COC(=O)Oc1ccc2nc(NC3CCN(Cc4ccc(OC)c(OCC(C)C)c4)CC3)oc2c1. The Labute approximate surface area is 205 Å². The van der Waals surface area contributed by atoms with Gasteiger partial charge in [0.2, 0.25) is 0 Å². The fourth-order valence-electron chi connectivity index (χ4n) is 4.03. The second kappa shape index (κ2) is 11.3. The molecular formula is C26H33N3O6. The van der Waals surface area contributed by atoms with Crippen molar-refractivity contribution >= 4 is 23.3 Å². The number of likely N-dealkylation sites (tertiary alicyclic amines) is 1. The van der Waals surface area contributed by atoms with E-state index in [0.29, 0.717) is 35.4 Å². The van der Waals surface area contributed by atoms with Gasteiger partial charge in [-0.1, -0.05) is 19.9 Å². The van der Waals surface area contributed by atoms with Gasteiger partial charge in [0, 0.05) is 31.7 Å². The molecule has 0 spiro atoms. The maximum atomic E-state index is 11.3. The summed E-state index contributed by atoms with van der Waals surface area (Å²) in [7, 11) is 2.93. The average Bonchev–Trinajstić information content (AvgIpc) is 3.25. The van der Waals surface area contributed by atoms with Gasteiger partial charge in [-0.15, -0.1) is 0 Å². The molecule has 2 aromatic carbocycles. The Morgan fingerprint density at radius 3 is 2.66 bits per heavy atom. The second-order valence-electron chi connectivity index (χ2n) is 9.09. The first-order valence-electron chi connectivity index (χ1n) is 11.9. The van der Waals surface area contributed by atoms with E-state index >= 15 is 0 Å². The minimum atomic E-state index is -0.775. The molecule has 1 saturated heterocycles. The van der Waals surface area contributed by atoms with Gasteiger partial charge >= 0.3 is 6.16 Å². The van der Waals surface area contributed by atoms with Gasteiger partial charge in [-0.25, -0.2) is 4.79 Å². The third-order valence-electron chi connectivity index (χ3n) is 5.85. The van der Waals surface area contributed by atoms with Crippen molar-refractivity contribution in [2.45, 2.75) is 39.3 Å². The number of carbonyl (C=O) groups is 1. The molecule has 0 saturated carbocycles. The van der Waals surface area contributed by atoms with E-state index in [4.69, 9.17) is 18.6 Å². The lowest BCUT2D eigenvalue weighted by molar-refractivity contribution is 0.121. The summed E-state index contributed by atoms with van der Waals surface area (Å²) < 4.78 is 26.8. The zero-order valence-electron chi connectivity index (χ0n) is 20.7. The van der Waals surface area contributed by atoms with E-state index < -0.39 is 6.16 Å². The highest BCUT2D eigenvalue weighted by atomic mass is 16.7. The molecule has 4 rings (SSSR count). The van der Waals surface area contributed by atoms with E-state index in [1.807, 2.05) is 6.07 Å². The number of fused-ring (bicyclic) bond motifs is 1. The summed E-state index contributed by atoms with van der Waals surface area (Å²) in [4.78, 5) is 18.2. The second-order valence-corrected chi connectivity index (χ2v) is 9.09. The topological polar surface area (TPSA) is 95.3 Å². The summed E-state index contributed by atoms with van der Waals surface area (Å²) in [6.07, 6.45) is 1.17. The predicted octanol–water partition coefficient (Wildman–Crippen LogP) is 5.09. The predicted molar refractivity (Wildman–Crippen MR) is 132 cm³/mol. The van der Waals surface area contributed by atoms with Crippen LogP contribution in [0, 0.1) is 5.92 Å². The molecule has 0 atom stereocenters. The summed E-state index contributed by atoms with van der Waals surface area (Å²) >= 11 is 0. The molecule has 35 heavy (non-hydrogen) atoms. The van der Waals surface area contributed by atoms with Crippen LogP contribution in [0.3, 0.4) is 0 Å². The molecular weight excluding hydrogens is 450 g/mol. The standard InChI is InChI=1S/C26H33N3O6/c1-17(2)16-33-24-13-18(5-8-22(24)31-3)15-29-11-9-19(10-12-29)27-25-28-21-7-6-20(14-23(21)35-25)34-26(30)32-4/h5-8,13-14,17,19H,9-12,15-16H2,1-4H3,(H,27,28). The average molecular weight is 484 g/mol. The van der Waals surface area contributed by atoms with Gasteiger partial charge in [-0.2, -0.15) is 4.98 Å². The highest BCUT2D eigenvalue weighted by Gasteiger charge is 2.21. The largest absolute Gasteiger partial charge is 0.513 e. The van der Waals surface area contributed by atoms with E-state index in [1.54, 1.807) is 25.3 Å². The molecule has 1 aliphatic heterocycles. The fraction of sp³-hybridized carbons (Fsp3) is 0.462. The molecule has 0 unspecified atom stereocenters. The normalized spacial score (nSPS) is 14.8. The smallest absolute Gasteiger partial charge is 0.493 e. The van der Waals surface area contributed by atoms with E-state index in [1.165, 1.54) is 12.7 Å². The maximum absolute atomic E-state index is 11.3. The van der Waals surface area contributed by atoms with Gasteiger partial charge in [0.25, 0.3) is 6.01 Å². The van der Waals surface area contributed by atoms with Crippen molar-refractivity contribution in [1.82, 2.24) is 9.88 Å². The molecule has 1 aliphatic rings. The number of nitrogens with zero attached hydrogens (tertiary/aromatic N) is 2. The first-order chi connectivity index (χ1) is 16.9. The Morgan fingerprint density at radius 2 is 1.94 bits per heavy atom. The van der Waals surface area contributed by atoms with Gasteiger partial charge in [0.1, 0.15) is 11.3 Å². The lowest BCUT2D eigenvalue weighted by Gasteiger charge is -2.32.